The van der Waals surface area contributed by atoms with Crippen LogP contribution in [0.3, 0.4) is 0 Å². The smallest absolute Gasteiger partial charge is 0.253 e. The molecule has 0 aliphatic carbocycles. The Balaban J connectivity index is 0.000000913. The van der Waals surface area contributed by atoms with E-state index in [4.69, 9.17) is 11.6 Å². The van der Waals surface area contributed by atoms with Crippen LogP contribution in [0, 0.1) is 0 Å². The van der Waals surface area contributed by atoms with Gasteiger partial charge in [0, 0.05) is 43.5 Å². The first-order valence-corrected chi connectivity index (χ1v) is 12.3. The van der Waals surface area contributed by atoms with Crippen LogP contribution in [0.15, 0.2) is 59.8 Å². The van der Waals surface area contributed by atoms with Crippen molar-refractivity contribution >= 4 is 29.3 Å². The number of nitrogens with one attached hydrogen (secondary N) is 1. The maximum absolute atomic E-state index is 12.6. The van der Waals surface area contributed by atoms with Crippen molar-refractivity contribution in [2.45, 2.75) is 51.3 Å². The third-order valence-electron chi connectivity index (χ3n) is 4.88. The van der Waals surface area contributed by atoms with E-state index >= 15 is 0 Å². The van der Waals surface area contributed by atoms with Gasteiger partial charge in [-0.15, -0.1) is 11.8 Å². The zero-order chi connectivity index (χ0) is 22.9. The molecule has 32 heavy (non-hydrogen) atoms. The van der Waals surface area contributed by atoms with E-state index in [2.05, 4.69) is 46.2 Å². The predicted octanol–water partition coefficient (Wildman–Crippen LogP) is 5.71. The summed E-state index contributed by atoms with van der Waals surface area (Å²) in [6, 6.07) is 13.9. The lowest BCUT2D eigenvalue weighted by Gasteiger charge is -2.13. The average molecular weight is 469 g/mol. The Bertz CT molecular complexity index is 1030. The molecule has 0 saturated heterocycles. The van der Waals surface area contributed by atoms with E-state index in [1.165, 1.54) is 11.3 Å². The lowest BCUT2D eigenvalue weighted by molar-refractivity contribution is 0.0950. The standard InChI is InChI=1S/C22H21ClN4OS.C3H8/c1-29-20-6-2-15(3-7-20)9-26-22(28)16-8-17-12-27(14-21(17)25-10-16)13-19-5-4-18(23)11-24-19;1-3-2/h2-8,10-11H,9,12-14H2,1H3,(H,26,28);3H2,1-2H3. The average Bonchev–Trinajstić information content (AvgIpc) is 3.21. The van der Waals surface area contributed by atoms with Crippen molar-refractivity contribution in [3.05, 3.63) is 88.0 Å². The highest BCUT2D eigenvalue weighted by molar-refractivity contribution is 7.98. The number of nitrogens with zero attached hydrogens (tertiary/aromatic N) is 3. The van der Waals surface area contributed by atoms with Gasteiger partial charge in [0.15, 0.2) is 0 Å². The Kier molecular flexibility index (Phi) is 9.09. The molecular formula is C25H29ClN4OS. The normalized spacial score (nSPS) is 12.6. The maximum Gasteiger partial charge on any atom is 0.253 e. The third-order valence-corrected chi connectivity index (χ3v) is 5.84. The highest BCUT2D eigenvalue weighted by Crippen LogP contribution is 2.23. The molecule has 1 aliphatic heterocycles. The van der Waals surface area contributed by atoms with Crippen molar-refractivity contribution in [1.29, 1.82) is 0 Å². The summed E-state index contributed by atoms with van der Waals surface area (Å²) in [6.45, 7) is 6.98. The van der Waals surface area contributed by atoms with Gasteiger partial charge in [0.25, 0.3) is 5.91 Å². The molecule has 0 saturated carbocycles. The minimum atomic E-state index is -0.105. The SMILES string of the molecule is CCC.CSc1ccc(CNC(=O)c2cnc3c(c2)CN(Cc2ccc(Cl)cn2)C3)cc1. The van der Waals surface area contributed by atoms with Crippen LogP contribution in [0.2, 0.25) is 5.02 Å². The van der Waals surface area contributed by atoms with E-state index in [0.717, 1.165) is 42.1 Å². The van der Waals surface area contributed by atoms with Crippen LogP contribution in [-0.2, 0) is 26.2 Å². The van der Waals surface area contributed by atoms with Crippen LogP contribution in [0.25, 0.3) is 0 Å². The van der Waals surface area contributed by atoms with Gasteiger partial charge in [-0.25, -0.2) is 0 Å². The fourth-order valence-electron chi connectivity index (χ4n) is 3.32. The monoisotopic (exact) mass is 468 g/mol. The number of carbonyl (C=O) groups is 1. The zero-order valence-electron chi connectivity index (χ0n) is 18.8. The number of amides is 1. The maximum atomic E-state index is 12.6. The minimum absolute atomic E-state index is 0.105. The van der Waals surface area contributed by atoms with Gasteiger partial charge in [-0.2, -0.15) is 0 Å². The van der Waals surface area contributed by atoms with Gasteiger partial charge in [0.1, 0.15) is 0 Å². The zero-order valence-corrected chi connectivity index (χ0v) is 20.3. The molecule has 0 unspecified atom stereocenters. The number of hydrogen-bond acceptors (Lipinski definition) is 5. The van der Waals surface area contributed by atoms with Crippen molar-refractivity contribution in [2.75, 3.05) is 6.26 Å². The highest BCUT2D eigenvalue weighted by atomic mass is 35.5. The summed E-state index contributed by atoms with van der Waals surface area (Å²) in [4.78, 5) is 24.9. The molecular weight excluding hydrogens is 440 g/mol. The van der Waals surface area contributed by atoms with Gasteiger partial charge >= 0.3 is 0 Å². The Morgan fingerprint density at radius 2 is 1.84 bits per heavy atom. The Hall–Kier alpha value is -2.41. The molecule has 7 heteroatoms. The first-order valence-electron chi connectivity index (χ1n) is 10.7. The summed E-state index contributed by atoms with van der Waals surface area (Å²) in [5.74, 6) is -0.105. The van der Waals surface area contributed by atoms with Gasteiger partial charge in [-0.3, -0.25) is 19.7 Å². The van der Waals surface area contributed by atoms with Gasteiger partial charge < -0.3 is 5.32 Å². The van der Waals surface area contributed by atoms with Crippen LogP contribution in [0.1, 0.15) is 53.1 Å². The van der Waals surface area contributed by atoms with E-state index in [0.29, 0.717) is 17.1 Å². The second-order valence-corrected chi connectivity index (χ2v) is 9.00. The molecule has 0 spiro atoms. The van der Waals surface area contributed by atoms with Crippen LogP contribution < -0.4 is 5.32 Å². The fourth-order valence-corrected chi connectivity index (χ4v) is 3.84. The Morgan fingerprint density at radius 1 is 1.09 bits per heavy atom. The van der Waals surface area contributed by atoms with Gasteiger partial charge in [-0.05, 0) is 47.7 Å². The molecule has 0 atom stereocenters. The van der Waals surface area contributed by atoms with Crippen molar-refractivity contribution in [1.82, 2.24) is 20.2 Å². The first kappa shape index (κ1) is 24.2. The number of benzene rings is 1. The number of carbonyl (C=O) groups excluding carboxylic acids is 1. The summed E-state index contributed by atoms with van der Waals surface area (Å²) >= 11 is 7.60. The predicted molar refractivity (Wildman–Crippen MR) is 132 cm³/mol. The largest absolute Gasteiger partial charge is 0.348 e. The number of thioether (sulfide) groups is 1. The molecule has 5 nitrogen and oxygen atoms in total. The van der Waals surface area contributed by atoms with Crippen LogP contribution in [0.4, 0.5) is 0 Å². The molecule has 1 amide bonds. The number of halogens is 1. The van der Waals surface area contributed by atoms with Crippen molar-refractivity contribution in [3.63, 3.8) is 0 Å². The lowest BCUT2D eigenvalue weighted by atomic mass is 10.1. The van der Waals surface area contributed by atoms with Crippen LogP contribution >= 0.6 is 23.4 Å². The Morgan fingerprint density at radius 3 is 2.50 bits per heavy atom. The van der Waals surface area contributed by atoms with E-state index in [1.807, 2.05) is 36.6 Å². The van der Waals surface area contributed by atoms with Gasteiger partial charge in [-0.1, -0.05) is 44.0 Å². The molecule has 1 aliphatic rings. The van der Waals surface area contributed by atoms with E-state index in [9.17, 15) is 4.79 Å². The quantitative estimate of drug-likeness (QED) is 0.469. The van der Waals surface area contributed by atoms with Crippen molar-refractivity contribution in [3.8, 4) is 0 Å². The number of aromatic nitrogens is 2. The van der Waals surface area contributed by atoms with Crippen molar-refractivity contribution in [2.24, 2.45) is 0 Å². The highest BCUT2D eigenvalue weighted by Gasteiger charge is 2.22. The molecule has 4 rings (SSSR count). The molecule has 0 bridgehead atoms. The number of rotatable bonds is 6. The van der Waals surface area contributed by atoms with E-state index in [-0.39, 0.29) is 5.91 Å². The molecule has 2 aromatic heterocycles. The molecule has 0 radical (unpaired) electrons. The summed E-state index contributed by atoms with van der Waals surface area (Å²) in [7, 11) is 0. The summed E-state index contributed by atoms with van der Waals surface area (Å²) in [5, 5.41) is 3.61. The topological polar surface area (TPSA) is 58.1 Å². The molecule has 1 aromatic carbocycles. The van der Waals surface area contributed by atoms with Gasteiger partial charge in [0.2, 0.25) is 0 Å². The number of hydrogen-bond donors (Lipinski definition) is 1. The van der Waals surface area contributed by atoms with E-state index < -0.39 is 0 Å². The van der Waals surface area contributed by atoms with Crippen LogP contribution in [-0.4, -0.2) is 27.0 Å². The first-order chi connectivity index (χ1) is 15.5. The van der Waals surface area contributed by atoms with Crippen molar-refractivity contribution < 1.29 is 4.79 Å². The molecule has 3 heterocycles. The molecule has 0 fully saturated rings. The summed E-state index contributed by atoms with van der Waals surface area (Å²) < 4.78 is 0. The van der Waals surface area contributed by atoms with Gasteiger partial charge in [0.05, 0.1) is 22.0 Å². The number of fused-ring (bicyclic) bond motifs is 1. The fraction of sp³-hybridized carbons (Fsp3) is 0.320. The van der Waals surface area contributed by atoms with E-state index in [1.54, 1.807) is 24.2 Å². The summed E-state index contributed by atoms with van der Waals surface area (Å²) in [6.07, 6.45) is 6.62. The molecule has 3 aromatic rings. The number of pyridine rings is 2. The third kappa shape index (κ3) is 6.79. The molecule has 1 N–H and O–H groups in total. The second-order valence-electron chi connectivity index (χ2n) is 7.68. The second kappa shape index (κ2) is 12.0. The molecule has 168 valence electrons. The minimum Gasteiger partial charge on any atom is -0.348 e. The summed E-state index contributed by atoms with van der Waals surface area (Å²) in [5.41, 5.74) is 4.75. The van der Waals surface area contributed by atoms with Crippen LogP contribution in [0.5, 0.6) is 0 Å². The lowest BCUT2D eigenvalue weighted by Crippen LogP contribution is -2.23. The Labute approximate surface area is 199 Å².